The van der Waals surface area contributed by atoms with Crippen LogP contribution in [0.3, 0.4) is 0 Å². The minimum Gasteiger partial charge on any atom is -0.466 e. The summed E-state index contributed by atoms with van der Waals surface area (Å²) >= 11 is 0. The standard InChI is InChI=1S/C14H24O2/c1-4-13(2)11-9-7-5-6-8-10-12-14(15)16-3/h6,8,10,12-13H,4-5,7,9,11H2,1-3H3/b8-6+,12-10+/t13-/m0/s1. The predicted octanol–water partition coefficient (Wildman–Crippen LogP) is 3.88. The fourth-order valence-corrected chi connectivity index (χ4v) is 1.34. The lowest BCUT2D eigenvalue weighted by Crippen LogP contribution is -1.92. The SMILES string of the molecule is CC[C@H](C)CCCC/C=C/C=C/C(=O)OC. The third-order valence-electron chi connectivity index (χ3n) is 2.70. The third kappa shape index (κ3) is 9.50. The topological polar surface area (TPSA) is 26.3 Å². The van der Waals surface area contributed by atoms with Gasteiger partial charge in [0.1, 0.15) is 0 Å². The first-order chi connectivity index (χ1) is 7.70. The molecule has 0 spiro atoms. The maximum absolute atomic E-state index is 10.7. The summed E-state index contributed by atoms with van der Waals surface area (Å²) in [6.07, 6.45) is 13.3. The molecule has 0 aliphatic rings. The van der Waals surface area contributed by atoms with E-state index < -0.39 is 0 Å². The van der Waals surface area contributed by atoms with E-state index in [2.05, 4.69) is 24.7 Å². The first-order valence-corrected chi connectivity index (χ1v) is 6.11. The molecule has 0 saturated carbocycles. The van der Waals surface area contributed by atoms with Crippen molar-refractivity contribution in [2.75, 3.05) is 7.11 Å². The van der Waals surface area contributed by atoms with E-state index in [0.717, 1.165) is 12.3 Å². The Morgan fingerprint density at radius 2 is 2.06 bits per heavy atom. The summed E-state index contributed by atoms with van der Waals surface area (Å²) in [5.74, 6) is 0.546. The number of unbranched alkanes of at least 4 members (excludes halogenated alkanes) is 2. The summed E-state index contributed by atoms with van der Waals surface area (Å²) in [4.78, 5) is 10.7. The van der Waals surface area contributed by atoms with Crippen molar-refractivity contribution in [3.8, 4) is 0 Å². The Morgan fingerprint density at radius 1 is 1.31 bits per heavy atom. The van der Waals surface area contributed by atoms with Crippen molar-refractivity contribution >= 4 is 5.97 Å². The van der Waals surface area contributed by atoms with Crippen LogP contribution in [0.15, 0.2) is 24.3 Å². The van der Waals surface area contributed by atoms with Gasteiger partial charge in [-0.2, -0.15) is 0 Å². The van der Waals surface area contributed by atoms with Gasteiger partial charge >= 0.3 is 5.97 Å². The Labute approximate surface area is 99.4 Å². The van der Waals surface area contributed by atoms with Crippen molar-refractivity contribution in [3.63, 3.8) is 0 Å². The highest BCUT2D eigenvalue weighted by atomic mass is 16.5. The van der Waals surface area contributed by atoms with E-state index in [9.17, 15) is 4.79 Å². The normalized spacial score (nSPS) is 13.4. The Kier molecular flexibility index (Phi) is 9.78. The molecule has 0 fully saturated rings. The molecule has 0 N–H and O–H groups in total. The molecule has 0 aromatic carbocycles. The third-order valence-corrected chi connectivity index (χ3v) is 2.70. The van der Waals surface area contributed by atoms with E-state index in [-0.39, 0.29) is 5.97 Å². The molecule has 92 valence electrons. The van der Waals surface area contributed by atoms with E-state index in [0.29, 0.717) is 0 Å². The van der Waals surface area contributed by atoms with Crippen LogP contribution in [-0.4, -0.2) is 13.1 Å². The first kappa shape index (κ1) is 14.9. The zero-order chi connectivity index (χ0) is 12.2. The van der Waals surface area contributed by atoms with Gasteiger partial charge in [-0.25, -0.2) is 4.79 Å². The average molecular weight is 224 g/mol. The highest BCUT2D eigenvalue weighted by Crippen LogP contribution is 2.12. The Balaban J connectivity index is 3.41. The summed E-state index contributed by atoms with van der Waals surface area (Å²) < 4.78 is 4.47. The van der Waals surface area contributed by atoms with Crippen molar-refractivity contribution in [3.05, 3.63) is 24.3 Å². The molecule has 0 radical (unpaired) electrons. The van der Waals surface area contributed by atoms with Crippen molar-refractivity contribution < 1.29 is 9.53 Å². The van der Waals surface area contributed by atoms with Crippen molar-refractivity contribution in [1.82, 2.24) is 0 Å². The molecular weight excluding hydrogens is 200 g/mol. The predicted molar refractivity (Wildman–Crippen MR) is 68.2 cm³/mol. The smallest absolute Gasteiger partial charge is 0.330 e. The molecule has 0 aliphatic carbocycles. The molecule has 0 aromatic heterocycles. The second kappa shape index (κ2) is 10.5. The molecule has 0 unspecified atom stereocenters. The molecule has 0 aromatic rings. The molecule has 16 heavy (non-hydrogen) atoms. The number of hydrogen-bond donors (Lipinski definition) is 0. The fraction of sp³-hybridized carbons (Fsp3) is 0.643. The Bertz CT molecular complexity index is 229. The molecule has 1 atom stereocenters. The van der Waals surface area contributed by atoms with Gasteiger partial charge in [0.15, 0.2) is 0 Å². The minimum absolute atomic E-state index is 0.304. The van der Waals surface area contributed by atoms with Crippen molar-refractivity contribution in [2.24, 2.45) is 5.92 Å². The molecule has 0 bridgehead atoms. The molecule has 0 saturated heterocycles. The van der Waals surface area contributed by atoms with Crippen molar-refractivity contribution in [1.29, 1.82) is 0 Å². The highest BCUT2D eigenvalue weighted by Gasteiger charge is 1.96. The Morgan fingerprint density at radius 3 is 2.69 bits per heavy atom. The van der Waals surface area contributed by atoms with Gasteiger partial charge in [0, 0.05) is 6.08 Å². The van der Waals surface area contributed by atoms with E-state index in [4.69, 9.17) is 0 Å². The summed E-state index contributed by atoms with van der Waals surface area (Å²) in [7, 11) is 1.38. The number of allylic oxidation sites excluding steroid dienone is 3. The number of methoxy groups -OCH3 is 1. The minimum atomic E-state index is -0.304. The van der Waals surface area contributed by atoms with Gasteiger partial charge in [0.25, 0.3) is 0 Å². The van der Waals surface area contributed by atoms with Crippen LogP contribution >= 0.6 is 0 Å². The largest absolute Gasteiger partial charge is 0.466 e. The van der Waals surface area contributed by atoms with Crippen LogP contribution in [0.2, 0.25) is 0 Å². The molecule has 0 rings (SSSR count). The molecule has 0 aliphatic heterocycles. The molecule has 2 heteroatoms. The number of carbonyl (C=O) groups excluding carboxylic acids is 1. The van der Waals surface area contributed by atoms with Crippen LogP contribution < -0.4 is 0 Å². The van der Waals surface area contributed by atoms with Crippen LogP contribution in [-0.2, 0) is 9.53 Å². The van der Waals surface area contributed by atoms with Crippen LogP contribution in [0.25, 0.3) is 0 Å². The molecule has 2 nitrogen and oxygen atoms in total. The average Bonchev–Trinajstić information content (AvgIpc) is 2.31. The van der Waals surface area contributed by atoms with Gasteiger partial charge in [0.05, 0.1) is 7.11 Å². The lowest BCUT2D eigenvalue weighted by atomic mass is 10.0. The lowest BCUT2D eigenvalue weighted by molar-refractivity contribution is -0.134. The number of rotatable bonds is 8. The van der Waals surface area contributed by atoms with Gasteiger partial charge < -0.3 is 4.74 Å². The first-order valence-electron chi connectivity index (χ1n) is 6.11. The van der Waals surface area contributed by atoms with E-state index in [1.165, 1.54) is 38.9 Å². The zero-order valence-corrected chi connectivity index (χ0v) is 10.7. The van der Waals surface area contributed by atoms with E-state index >= 15 is 0 Å². The van der Waals surface area contributed by atoms with Gasteiger partial charge in [-0.15, -0.1) is 0 Å². The second-order valence-corrected chi connectivity index (χ2v) is 4.11. The van der Waals surface area contributed by atoms with Crippen LogP contribution in [0.4, 0.5) is 0 Å². The summed E-state index contributed by atoms with van der Waals surface area (Å²) in [6.45, 7) is 4.54. The monoisotopic (exact) mass is 224 g/mol. The van der Waals surface area contributed by atoms with E-state index in [1.807, 2.05) is 6.08 Å². The number of esters is 1. The number of ether oxygens (including phenoxy) is 1. The molecular formula is C14H24O2. The summed E-state index contributed by atoms with van der Waals surface area (Å²) in [6, 6.07) is 0. The maximum Gasteiger partial charge on any atom is 0.330 e. The van der Waals surface area contributed by atoms with Crippen molar-refractivity contribution in [2.45, 2.75) is 46.0 Å². The molecule has 0 heterocycles. The van der Waals surface area contributed by atoms with Gasteiger partial charge in [0.2, 0.25) is 0 Å². The Hall–Kier alpha value is -1.05. The lowest BCUT2D eigenvalue weighted by Gasteiger charge is -2.05. The quantitative estimate of drug-likeness (QED) is 0.271. The van der Waals surface area contributed by atoms with Crippen LogP contribution in [0, 0.1) is 5.92 Å². The van der Waals surface area contributed by atoms with Crippen LogP contribution in [0.1, 0.15) is 46.0 Å². The number of carbonyl (C=O) groups is 1. The molecule has 0 amide bonds. The fourth-order valence-electron chi connectivity index (χ4n) is 1.34. The highest BCUT2D eigenvalue weighted by molar-refractivity contribution is 5.82. The second-order valence-electron chi connectivity index (χ2n) is 4.11. The van der Waals surface area contributed by atoms with Gasteiger partial charge in [-0.1, -0.05) is 51.3 Å². The van der Waals surface area contributed by atoms with Gasteiger partial charge in [-0.3, -0.25) is 0 Å². The van der Waals surface area contributed by atoms with Gasteiger partial charge in [-0.05, 0) is 18.8 Å². The summed E-state index contributed by atoms with van der Waals surface area (Å²) in [5.41, 5.74) is 0. The zero-order valence-electron chi connectivity index (χ0n) is 10.7. The van der Waals surface area contributed by atoms with Crippen LogP contribution in [0.5, 0.6) is 0 Å². The van der Waals surface area contributed by atoms with E-state index in [1.54, 1.807) is 6.08 Å². The maximum atomic E-state index is 10.7. The number of hydrogen-bond acceptors (Lipinski definition) is 2. The summed E-state index contributed by atoms with van der Waals surface area (Å²) in [5, 5.41) is 0.